The molecule has 0 amide bonds. The van der Waals surface area contributed by atoms with E-state index in [1.165, 1.54) is 0 Å². The molecule has 0 aliphatic heterocycles. The first-order chi connectivity index (χ1) is 2.94. The van der Waals surface area contributed by atoms with Crippen molar-refractivity contribution >= 4 is 0 Å². The van der Waals surface area contributed by atoms with Gasteiger partial charge in [-0.2, -0.15) is 13.2 Å². The highest BCUT2D eigenvalue weighted by Gasteiger charge is 2.33. The SMILES string of the molecule is CC(O)C(F)(F)F.N. The topological polar surface area (TPSA) is 55.2 Å². The zero-order valence-corrected chi connectivity index (χ0v) is 4.37. The van der Waals surface area contributed by atoms with Gasteiger partial charge in [-0.1, -0.05) is 0 Å². The van der Waals surface area contributed by atoms with Crippen molar-refractivity contribution in [2.75, 3.05) is 0 Å². The minimum atomic E-state index is -4.44. The summed E-state index contributed by atoms with van der Waals surface area (Å²) in [5, 5.41) is 7.76. The highest BCUT2D eigenvalue weighted by molar-refractivity contribution is 4.55. The number of halogens is 3. The van der Waals surface area contributed by atoms with Gasteiger partial charge in [0.25, 0.3) is 0 Å². The summed E-state index contributed by atoms with van der Waals surface area (Å²) in [6.07, 6.45) is -6.65. The Morgan fingerprint density at radius 3 is 1.50 bits per heavy atom. The summed E-state index contributed by atoms with van der Waals surface area (Å²) in [5.74, 6) is 0. The molecule has 0 fully saturated rings. The molecule has 0 bridgehead atoms. The van der Waals surface area contributed by atoms with Gasteiger partial charge in [-0.15, -0.1) is 0 Å². The van der Waals surface area contributed by atoms with Gasteiger partial charge in [0.1, 0.15) is 6.10 Å². The minimum absolute atomic E-state index is 0. The lowest BCUT2D eigenvalue weighted by Gasteiger charge is -2.06. The van der Waals surface area contributed by atoms with Gasteiger partial charge in [0.15, 0.2) is 0 Å². The highest BCUT2D eigenvalue weighted by atomic mass is 19.4. The molecule has 1 atom stereocenters. The Bertz CT molecular complexity index is 60.0. The quantitative estimate of drug-likeness (QED) is 0.517. The number of hydrogen-bond donors (Lipinski definition) is 2. The van der Waals surface area contributed by atoms with Crippen molar-refractivity contribution < 1.29 is 18.3 Å². The number of aliphatic hydroxyl groups is 1. The fourth-order valence-electron chi connectivity index (χ4n) is 0. The van der Waals surface area contributed by atoms with Gasteiger partial charge in [0.2, 0.25) is 0 Å². The molecule has 0 saturated heterocycles. The average molecular weight is 131 g/mol. The van der Waals surface area contributed by atoms with E-state index in [9.17, 15) is 13.2 Å². The maximum atomic E-state index is 10.9. The molecular weight excluding hydrogens is 123 g/mol. The summed E-state index contributed by atoms with van der Waals surface area (Å²) in [5.41, 5.74) is 0. The monoisotopic (exact) mass is 131 g/mol. The Kier molecular flexibility index (Phi) is 3.84. The number of hydrogen-bond acceptors (Lipinski definition) is 2. The van der Waals surface area contributed by atoms with Crippen molar-refractivity contribution in [3.63, 3.8) is 0 Å². The van der Waals surface area contributed by atoms with Crippen molar-refractivity contribution in [2.45, 2.75) is 19.2 Å². The van der Waals surface area contributed by atoms with E-state index in [1.54, 1.807) is 0 Å². The minimum Gasteiger partial charge on any atom is -0.384 e. The molecular formula is C3H8F3NO. The van der Waals surface area contributed by atoms with Crippen LogP contribution in [0.5, 0.6) is 0 Å². The van der Waals surface area contributed by atoms with Crippen LogP contribution in [0.1, 0.15) is 6.92 Å². The standard InChI is InChI=1S/C3H5F3O.H3N/c1-2(7)3(4,5)6;/h2,7H,1H3;1H3. The zero-order valence-electron chi connectivity index (χ0n) is 4.37. The Hall–Kier alpha value is -0.290. The van der Waals surface area contributed by atoms with Crippen LogP contribution in [-0.2, 0) is 0 Å². The van der Waals surface area contributed by atoms with Crippen molar-refractivity contribution in [1.82, 2.24) is 6.15 Å². The van der Waals surface area contributed by atoms with Crippen LogP contribution in [0.25, 0.3) is 0 Å². The predicted octanol–water partition coefficient (Wildman–Crippen LogP) is 1.09. The third-order valence-corrected chi connectivity index (χ3v) is 0.474. The Balaban J connectivity index is 0. The maximum absolute atomic E-state index is 10.9. The number of alkyl halides is 3. The lowest BCUT2D eigenvalue weighted by atomic mass is 10.4. The summed E-state index contributed by atoms with van der Waals surface area (Å²) in [6, 6.07) is 0. The van der Waals surface area contributed by atoms with E-state index in [2.05, 4.69) is 0 Å². The normalized spacial score (nSPS) is 14.6. The number of aliphatic hydroxyl groups excluding tert-OH is 1. The molecule has 0 aliphatic carbocycles. The Morgan fingerprint density at radius 1 is 1.38 bits per heavy atom. The molecule has 2 nitrogen and oxygen atoms in total. The molecule has 0 heterocycles. The molecule has 4 N–H and O–H groups in total. The molecule has 0 aliphatic rings. The fraction of sp³-hybridized carbons (Fsp3) is 1.00. The van der Waals surface area contributed by atoms with E-state index in [1.807, 2.05) is 0 Å². The fourth-order valence-corrected chi connectivity index (χ4v) is 0. The van der Waals surface area contributed by atoms with Crippen LogP contribution in [0.2, 0.25) is 0 Å². The van der Waals surface area contributed by atoms with E-state index < -0.39 is 12.3 Å². The first-order valence-electron chi connectivity index (χ1n) is 1.69. The van der Waals surface area contributed by atoms with Gasteiger partial charge in [0.05, 0.1) is 0 Å². The second-order valence-electron chi connectivity index (χ2n) is 1.22. The summed E-state index contributed by atoms with van der Waals surface area (Å²) in [4.78, 5) is 0. The maximum Gasteiger partial charge on any atom is 0.414 e. The van der Waals surface area contributed by atoms with Crippen molar-refractivity contribution in [1.29, 1.82) is 0 Å². The van der Waals surface area contributed by atoms with Gasteiger partial charge < -0.3 is 11.3 Å². The summed E-state index contributed by atoms with van der Waals surface area (Å²) < 4.78 is 32.8. The highest BCUT2D eigenvalue weighted by Crippen LogP contribution is 2.18. The predicted molar refractivity (Wildman–Crippen MR) is 22.8 cm³/mol. The van der Waals surface area contributed by atoms with Crippen LogP contribution < -0.4 is 6.15 Å². The third kappa shape index (κ3) is 3.89. The zero-order chi connectivity index (χ0) is 6.08. The summed E-state index contributed by atoms with van der Waals surface area (Å²) in [7, 11) is 0. The van der Waals surface area contributed by atoms with Crippen LogP contribution in [0, 0.1) is 0 Å². The van der Waals surface area contributed by atoms with Crippen LogP contribution >= 0.6 is 0 Å². The van der Waals surface area contributed by atoms with Gasteiger partial charge in [-0.05, 0) is 6.92 Å². The van der Waals surface area contributed by atoms with Crippen molar-refractivity contribution in [3.8, 4) is 0 Å². The third-order valence-electron chi connectivity index (χ3n) is 0.474. The van der Waals surface area contributed by atoms with Gasteiger partial charge >= 0.3 is 6.18 Å². The van der Waals surface area contributed by atoms with Crippen LogP contribution in [0.3, 0.4) is 0 Å². The van der Waals surface area contributed by atoms with Crippen molar-refractivity contribution in [3.05, 3.63) is 0 Å². The van der Waals surface area contributed by atoms with E-state index in [0.29, 0.717) is 6.92 Å². The molecule has 0 rings (SSSR count). The van der Waals surface area contributed by atoms with E-state index >= 15 is 0 Å². The Morgan fingerprint density at radius 2 is 1.50 bits per heavy atom. The lowest BCUT2D eigenvalue weighted by Crippen LogP contribution is -2.24. The van der Waals surface area contributed by atoms with E-state index in [-0.39, 0.29) is 6.15 Å². The Labute approximate surface area is 44.9 Å². The molecule has 0 spiro atoms. The van der Waals surface area contributed by atoms with E-state index in [0.717, 1.165) is 0 Å². The second-order valence-corrected chi connectivity index (χ2v) is 1.22. The van der Waals surface area contributed by atoms with Crippen molar-refractivity contribution in [2.24, 2.45) is 0 Å². The van der Waals surface area contributed by atoms with Gasteiger partial charge in [-0.3, -0.25) is 0 Å². The lowest BCUT2D eigenvalue weighted by molar-refractivity contribution is -0.197. The largest absolute Gasteiger partial charge is 0.414 e. The molecule has 0 radical (unpaired) electrons. The van der Waals surface area contributed by atoms with Crippen LogP contribution in [0.4, 0.5) is 13.2 Å². The second kappa shape index (κ2) is 2.88. The van der Waals surface area contributed by atoms with Gasteiger partial charge in [-0.25, -0.2) is 0 Å². The van der Waals surface area contributed by atoms with E-state index in [4.69, 9.17) is 5.11 Å². The summed E-state index contributed by atoms with van der Waals surface area (Å²) in [6.45, 7) is 0.681. The van der Waals surface area contributed by atoms with Crippen LogP contribution in [-0.4, -0.2) is 17.4 Å². The molecule has 5 heteroatoms. The molecule has 1 unspecified atom stereocenters. The smallest absolute Gasteiger partial charge is 0.384 e. The first kappa shape index (κ1) is 10.6. The average Bonchev–Trinajstić information content (AvgIpc) is 1.31. The molecule has 0 aromatic heterocycles. The molecule has 0 aromatic rings. The first-order valence-corrected chi connectivity index (χ1v) is 1.69. The summed E-state index contributed by atoms with van der Waals surface area (Å²) >= 11 is 0. The van der Waals surface area contributed by atoms with Crippen LogP contribution in [0.15, 0.2) is 0 Å². The van der Waals surface area contributed by atoms with Gasteiger partial charge in [0, 0.05) is 0 Å². The molecule has 8 heavy (non-hydrogen) atoms. The molecule has 0 aromatic carbocycles. The molecule has 0 saturated carbocycles. The molecule has 52 valence electrons. The number of rotatable bonds is 0.